The lowest BCUT2D eigenvalue weighted by Gasteiger charge is -2.01. The molecule has 0 spiro atoms. The van der Waals surface area contributed by atoms with E-state index in [-0.39, 0.29) is 5.76 Å². The number of halogens is 1. The van der Waals surface area contributed by atoms with Crippen molar-refractivity contribution < 1.29 is 8.94 Å². The van der Waals surface area contributed by atoms with Gasteiger partial charge in [0, 0.05) is 17.0 Å². The van der Waals surface area contributed by atoms with Crippen LogP contribution in [0.2, 0.25) is 5.02 Å². The van der Waals surface area contributed by atoms with Crippen LogP contribution in [0.4, 0.5) is 0 Å². The van der Waals surface area contributed by atoms with E-state index in [0.717, 1.165) is 10.4 Å². The Morgan fingerprint density at radius 3 is 2.85 bits per heavy atom. The molecule has 0 aliphatic heterocycles. The van der Waals surface area contributed by atoms with Crippen LogP contribution in [0.3, 0.4) is 0 Å². The molecule has 26 heavy (non-hydrogen) atoms. The van der Waals surface area contributed by atoms with Crippen LogP contribution in [0.15, 0.2) is 55.0 Å². The maximum absolute atomic E-state index is 11.8. The molecular formula is C18H14ClN3O3S. The molecule has 0 N–H and O–H groups in total. The third-order valence-electron chi connectivity index (χ3n) is 4.07. The first-order valence-electron chi connectivity index (χ1n) is 7.92. The zero-order valence-electron chi connectivity index (χ0n) is 14.0. The molecule has 2 aromatic heterocycles. The summed E-state index contributed by atoms with van der Waals surface area (Å²) in [7, 11) is 0. The number of oxazole rings is 1. The van der Waals surface area contributed by atoms with Gasteiger partial charge in [-0.3, -0.25) is 4.57 Å². The highest BCUT2D eigenvalue weighted by Gasteiger charge is 2.16. The Balaban J connectivity index is 1.77. The molecule has 0 aliphatic carbocycles. The Hall–Kier alpha value is -2.51. The summed E-state index contributed by atoms with van der Waals surface area (Å²) in [6.07, 6.45) is 1.98. The van der Waals surface area contributed by atoms with Crippen LogP contribution in [0, 0.1) is 0 Å². The monoisotopic (exact) mass is 387 g/mol. The quantitative estimate of drug-likeness (QED) is 0.472. The number of fused-ring (bicyclic) bond motifs is 1. The van der Waals surface area contributed by atoms with E-state index in [0.29, 0.717) is 40.0 Å². The van der Waals surface area contributed by atoms with Crippen molar-refractivity contribution in [3.63, 3.8) is 0 Å². The minimum absolute atomic E-state index is 0.341. The van der Waals surface area contributed by atoms with Gasteiger partial charge in [0.1, 0.15) is 0 Å². The van der Waals surface area contributed by atoms with Crippen LogP contribution in [0.1, 0.15) is 6.92 Å². The van der Waals surface area contributed by atoms with Gasteiger partial charge in [0.15, 0.2) is 5.58 Å². The summed E-state index contributed by atoms with van der Waals surface area (Å²) in [5, 5.41) is 4.58. The van der Waals surface area contributed by atoms with Crippen molar-refractivity contribution in [1.29, 1.82) is 0 Å². The second kappa shape index (κ2) is 6.66. The van der Waals surface area contributed by atoms with Gasteiger partial charge >= 0.3 is 5.76 Å². The molecule has 0 fully saturated rings. The lowest BCUT2D eigenvalue weighted by molar-refractivity contribution is 0.432. The molecule has 132 valence electrons. The van der Waals surface area contributed by atoms with Crippen molar-refractivity contribution >= 4 is 34.5 Å². The maximum Gasteiger partial charge on any atom is 0.419 e. The first kappa shape index (κ1) is 16.9. The van der Waals surface area contributed by atoms with E-state index in [9.17, 15) is 4.79 Å². The largest absolute Gasteiger partial charge is 0.419 e. The van der Waals surface area contributed by atoms with Gasteiger partial charge in [0.2, 0.25) is 5.82 Å². The highest BCUT2D eigenvalue weighted by molar-refractivity contribution is 7.98. The second-order valence-corrected chi connectivity index (χ2v) is 6.85. The Bertz CT molecular complexity index is 1160. The molecule has 0 saturated heterocycles. The van der Waals surface area contributed by atoms with Crippen molar-refractivity contribution in [3.05, 3.63) is 52.0 Å². The fraction of sp³-hybridized carbons (Fsp3) is 0.167. The molecule has 2 heterocycles. The lowest BCUT2D eigenvalue weighted by atomic mass is 10.2. The van der Waals surface area contributed by atoms with E-state index in [4.69, 9.17) is 20.5 Å². The number of aryl methyl sites for hydroxylation is 1. The summed E-state index contributed by atoms with van der Waals surface area (Å²) < 4.78 is 12.2. The van der Waals surface area contributed by atoms with Gasteiger partial charge < -0.3 is 8.94 Å². The maximum atomic E-state index is 11.8. The van der Waals surface area contributed by atoms with Crippen LogP contribution >= 0.6 is 23.4 Å². The minimum Gasteiger partial charge on any atom is -0.408 e. The smallest absolute Gasteiger partial charge is 0.408 e. The summed E-state index contributed by atoms with van der Waals surface area (Å²) in [6, 6.07) is 11.0. The van der Waals surface area contributed by atoms with Crippen LogP contribution < -0.4 is 5.76 Å². The summed E-state index contributed by atoms with van der Waals surface area (Å²) in [6.45, 7) is 2.43. The fourth-order valence-corrected chi connectivity index (χ4v) is 3.39. The first-order chi connectivity index (χ1) is 12.6. The molecule has 4 aromatic rings. The molecule has 0 amide bonds. The molecule has 0 radical (unpaired) electrons. The van der Waals surface area contributed by atoms with Crippen molar-refractivity contribution in [1.82, 2.24) is 14.7 Å². The van der Waals surface area contributed by atoms with Crippen molar-refractivity contribution in [2.24, 2.45) is 0 Å². The third kappa shape index (κ3) is 2.83. The van der Waals surface area contributed by atoms with Gasteiger partial charge in [-0.1, -0.05) is 16.8 Å². The topological polar surface area (TPSA) is 74.1 Å². The minimum atomic E-state index is -0.380. The molecule has 0 atom stereocenters. The molecule has 8 heteroatoms. The molecule has 0 saturated carbocycles. The third-order valence-corrected chi connectivity index (χ3v) is 5.13. The van der Waals surface area contributed by atoms with E-state index in [2.05, 4.69) is 10.1 Å². The molecule has 0 aliphatic rings. The molecule has 4 rings (SSSR count). The fourth-order valence-electron chi connectivity index (χ4n) is 2.75. The Kier molecular flexibility index (Phi) is 4.34. The van der Waals surface area contributed by atoms with Gasteiger partial charge in [0.25, 0.3) is 5.89 Å². The van der Waals surface area contributed by atoms with Gasteiger partial charge in [-0.15, -0.1) is 11.8 Å². The number of aromatic nitrogens is 3. The van der Waals surface area contributed by atoms with Crippen LogP contribution in [0.25, 0.3) is 33.9 Å². The standard InChI is InChI=1S/C18H14ClN3O3S/c1-3-22-14-7-4-10(8-15(14)24-18(22)23)16-20-17(25-21-16)12-9-11(26-2)5-6-13(12)19/h4-9H,3H2,1-2H3. The van der Waals surface area contributed by atoms with Gasteiger partial charge in [-0.05, 0) is 49.6 Å². The summed E-state index contributed by atoms with van der Waals surface area (Å²) in [5.74, 6) is 0.363. The van der Waals surface area contributed by atoms with Crippen molar-refractivity contribution in [3.8, 4) is 22.8 Å². The van der Waals surface area contributed by atoms with E-state index >= 15 is 0 Å². The molecular weight excluding hydrogens is 374 g/mol. The average molecular weight is 388 g/mol. The summed E-state index contributed by atoms with van der Waals surface area (Å²) in [4.78, 5) is 17.3. The van der Waals surface area contributed by atoms with Crippen molar-refractivity contribution in [2.75, 3.05) is 6.26 Å². The number of nitrogens with zero attached hydrogens (tertiary/aromatic N) is 3. The Labute approximate surface area is 157 Å². The molecule has 6 nitrogen and oxygen atoms in total. The van der Waals surface area contributed by atoms with Gasteiger partial charge in [-0.25, -0.2) is 4.79 Å². The van der Waals surface area contributed by atoms with Crippen LogP contribution in [-0.4, -0.2) is 21.0 Å². The van der Waals surface area contributed by atoms with Crippen LogP contribution in [0.5, 0.6) is 0 Å². The number of hydrogen-bond acceptors (Lipinski definition) is 6. The number of rotatable bonds is 4. The van der Waals surface area contributed by atoms with Crippen molar-refractivity contribution in [2.45, 2.75) is 18.4 Å². The van der Waals surface area contributed by atoms with Crippen LogP contribution in [-0.2, 0) is 6.54 Å². The van der Waals surface area contributed by atoms with Gasteiger partial charge in [0.05, 0.1) is 16.1 Å². The van der Waals surface area contributed by atoms with E-state index < -0.39 is 0 Å². The molecule has 0 unspecified atom stereocenters. The molecule has 0 bridgehead atoms. The highest BCUT2D eigenvalue weighted by Crippen LogP contribution is 2.32. The van der Waals surface area contributed by atoms with E-state index in [1.807, 2.05) is 37.4 Å². The Morgan fingerprint density at radius 2 is 2.08 bits per heavy atom. The Morgan fingerprint density at radius 1 is 1.23 bits per heavy atom. The number of benzene rings is 2. The normalized spacial score (nSPS) is 11.3. The second-order valence-electron chi connectivity index (χ2n) is 5.56. The first-order valence-corrected chi connectivity index (χ1v) is 9.52. The van der Waals surface area contributed by atoms with E-state index in [1.54, 1.807) is 28.5 Å². The predicted molar refractivity (Wildman–Crippen MR) is 102 cm³/mol. The molecule has 2 aromatic carbocycles. The zero-order chi connectivity index (χ0) is 18.3. The SMILES string of the molecule is CCn1c(=O)oc2cc(-c3noc(-c4cc(SC)ccc4Cl)n3)ccc21. The zero-order valence-corrected chi connectivity index (χ0v) is 15.6. The number of thioether (sulfide) groups is 1. The summed E-state index contributed by atoms with van der Waals surface area (Å²) >= 11 is 7.87. The lowest BCUT2D eigenvalue weighted by Crippen LogP contribution is -2.11. The van der Waals surface area contributed by atoms with Gasteiger partial charge in [-0.2, -0.15) is 4.98 Å². The average Bonchev–Trinajstić information content (AvgIpc) is 3.25. The highest BCUT2D eigenvalue weighted by atomic mass is 35.5. The summed E-state index contributed by atoms with van der Waals surface area (Å²) in [5.41, 5.74) is 2.60. The predicted octanol–water partition coefficient (Wildman–Crippen LogP) is 4.71. The van der Waals surface area contributed by atoms with E-state index in [1.165, 1.54) is 0 Å². The number of hydrogen-bond donors (Lipinski definition) is 0.